The Hall–Kier alpha value is -0.120. The maximum atomic E-state index is 3.60. The number of nitrogens with zero attached hydrogens (tertiary/aromatic N) is 1. The third kappa shape index (κ3) is 4.04. The van der Waals surface area contributed by atoms with E-state index >= 15 is 0 Å². The summed E-state index contributed by atoms with van der Waals surface area (Å²) in [5.74, 6) is 0. The van der Waals surface area contributed by atoms with Gasteiger partial charge in [-0.25, -0.2) is 0 Å². The average molecular weight is 227 g/mol. The number of hydrogen-bond donors (Lipinski definition) is 2. The standard InChI is InChI=1S/C13H29N3/c1-12(2,3)13(4,5)10-15-11-16-8-6-14-7-9-16/h14-15H,6-11H2,1-5H3. The van der Waals surface area contributed by atoms with Crippen molar-refractivity contribution in [1.82, 2.24) is 15.5 Å². The zero-order valence-electron chi connectivity index (χ0n) is 11.7. The predicted octanol–water partition coefficient (Wildman–Crippen LogP) is 1.51. The zero-order chi connectivity index (χ0) is 12.2. The topological polar surface area (TPSA) is 27.3 Å². The minimum atomic E-state index is 0.334. The molecule has 0 atom stereocenters. The fourth-order valence-electron chi connectivity index (χ4n) is 1.66. The summed E-state index contributed by atoms with van der Waals surface area (Å²) in [7, 11) is 0. The second-order valence-corrected chi connectivity index (χ2v) is 6.59. The molecule has 0 aromatic carbocycles. The Bertz CT molecular complexity index is 200. The van der Waals surface area contributed by atoms with E-state index in [0.29, 0.717) is 10.8 Å². The summed E-state index contributed by atoms with van der Waals surface area (Å²) in [5, 5.41) is 6.98. The van der Waals surface area contributed by atoms with E-state index in [1.807, 2.05) is 0 Å². The molecule has 1 heterocycles. The van der Waals surface area contributed by atoms with Gasteiger partial charge < -0.3 is 10.6 Å². The molecule has 1 aliphatic heterocycles. The van der Waals surface area contributed by atoms with Crippen LogP contribution in [0.3, 0.4) is 0 Å². The third-order valence-corrected chi connectivity index (χ3v) is 4.14. The minimum Gasteiger partial charge on any atom is -0.314 e. The average Bonchev–Trinajstić information content (AvgIpc) is 2.17. The van der Waals surface area contributed by atoms with E-state index < -0.39 is 0 Å². The van der Waals surface area contributed by atoms with E-state index in [9.17, 15) is 0 Å². The molecule has 0 spiro atoms. The van der Waals surface area contributed by atoms with Gasteiger partial charge in [0, 0.05) is 39.4 Å². The molecule has 0 saturated carbocycles. The summed E-state index contributed by atoms with van der Waals surface area (Å²) >= 11 is 0. The molecule has 1 fully saturated rings. The Morgan fingerprint density at radius 3 is 2.12 bits per heavy atom. The highest BCUT2D eigenvalue weighted by atomic mass is 15.3. The molecule has 1 saturated heterocycles. The Labute approximate surface area is 101 Å². The fourth-order valence-corrected chi connectivity index (χ4v) is 1.66. The van der Waals surface area contributed by atoms with Crippen LogP contribution in [0.15, 0.2) is 0 Å². The molecule has 16 heavy (non-hydrogen) atoms. The van der Waals surface area contributed by atoms with Gasteiger partial charge in [-0.15, -0.1) is 0 Å². The van der Waals surface area contributed by atoms with Gasteiger partial charge in [0.2, 0.25) is 0 Å². The highest BCUT2D eigenvalue weighted by Crippen LogP contribution is 2.36. The van der Waals surface area contributed by atoms with Gasteiger partial charge in [0.1, 0.15) is 0 Å². The first-order chi connectivity index (χ1) is 7.33. The van der Waals surface area contributed by atoms with Gasteiger partial charge in [-0.2, -0.15) is 0 Å². The van der Waals surface area contributed by atoms with Crippen LogP contribution >= 0.6 is 0 Å². The Morgan fingerprint density at radius 1 is 1.06 bits per heavy atom. The number of piperazine rings is 1. The molecule has 3 nitrogen and oxygen atoms in total. The normalized spacial score (nSPS) is 20.1. The molecular weight excluding hydrogens is 198 g/mol. The molecule has 1 rings (SSSR count). The quantitative estimate of drug-likeness (QED) is 0.762. The monoisotopic (exact) mass is 227 g/mol. The molecule has 0 radical (unpaired) electrons. The summed E-state index contributed by atoms with van der Waals surface area (Å²) < 4.78 is 0. The molecule has 2 N–H and O–H groups in total. The van der Waals surface area contributed by atoms with Crippen LogP contribution in [0.1, 0.15) is 34.6 Å². The lowest BCUT2D eigenvalue weighted by Gasteiger charge is -2.40. The van der Waals surface area contributed by atoms with Gasteiger partial charge in [0.15, 0.2) is 0 Å². The maximum Gasteiger partial charge on any atom is 0.0481 e. The van der Waals surface area contributed by atoms with Crippen LogP contribution < -0.4 is 10.6 Å². The van der Waals surface area contributed by atoms with Crippen molar-refractivity contribution < 1.29 is 0 Å². The lowest BCUT2D eigenvalue weighted by molar-refractivity contribution is 0.117. The van der Waals surface area contributed by atoms with E-state index in [2.05, 4.69) is 50.2 Å². The molecule has 0 bridgehead atoms. The zero-order valence-corrected chi connectivity index (χ0v) is 11.7. The lowest BCUT2D eigenvalue weighted by Crippen LogP contribution is -2.49. The van der Waals surface area contributed by atoms with E-state index in [4.69, 9.17) is 0 Å². The third-order valence-electron chi connectivity index (χ3n) is 4.14. The van der Waals surface area contributed by atoms with Gasteiger partial charge in [-0.05, 0) is 10.8 Å². The van der Waals surface area contributed by atoms with Crippen molar-refractivity contribution in [3.63, 3.8) is 0 Å². The fraction of sp³-hybridized carbons (Fsp3) is 1.00. The molecule has 0 aromatic rings. The smallest absolute Gasteiger partial charge is 0.0481 e. The molecule has 3 heteroatoms. The summed E-state index contributed by atoms with van der Waals surface area (Å²) in [6, 6.07) is 0. The van der Waals surface area contributed by atoms with Crippen LogP contribution in [0, 0.1) is 10.8 Å². The highest BCUT2D eigenvalue weighted by Gasteiger charge is 2.32. The predicted molar refractivity (Wildman–Crippen MR) is 70.5 cm³/mol. The van der Waals surface area contributed by atoms with Crippen molar-refractivity contribution >= 4 is 0 Å². The second-order valence-electron chi connectivity index (χ2n) is 6.59. The number of rotatable bonds is 4. The van der Waals surface area contributed by atoms with E-state index in [-0.39, 0.29) is 0 Å². The van der Waals surface area contributed by atoms with Crippen molar-refractivity contribution in [3.8, 4) is 0 Å². The van der Waals surface area contributed by atoms with Gasteiger partial charge >= 0.3 is 0 Å². The summed E-state index contributed by atoms with van der Waals surface area (Å²) in [5.41, 5.74) is 0.685. The Balaban J connectivity index is 2.23. The summed E-state index contributed by atoms with van der Waals surface area (Å²) in [6.07, 6.45) is 0. The number of nitrogens with one attached hydrogen (secondary N) is 2. The molecular formula is C13H29N3. The molecule has 1 aliphatic rings. The van der Waals surface area contributed by atoms with E-state index in [1.165, 1.54) is 13.1 Å². The van der Waals surface area contributed by atoms with Crippen LogP contribution in [0.25, 0.3) is 0 Å². The van der Waals surface area contributed by atoms with Crippen molar-refractivity contribution in [2.45, 2.75) is 34.6 Å². The van der Waals surface area contributed by atoms with Gasteiger partial charge in [0.25, 0.3) is 0 Å². The van der Waals surface area contributed by atoms with Crippen molar-refractivity contribution in [3.05, 3.63) is 0 Å². The minimum absolute atomic E-state index is 0.334. The Kier molecular flexibility index (Phi) is 4.77. The largest absolute Gasteiger partial charge is 0.314 e. The van der Waals surface area contributed by atoms with Gasteiger partial charge in [-0.1, -0.05) is 34.6 Å². The van der Waals surface area contributed by atoms with Gasteiger partial charge in [0.05, 0.1) is 0 Å². The van der Waals surface area contributed by atoms with E-state index in [0.717, 1.165) is 26.3 Å². The van der Waals surface area contributed by atoms with Crippen LogP contribution in [-0.2, 0) is 0 Å². The van der Waals surface area contributed by atoms with Crippen molar-refractivity contribution in [2.75, 3.05) is 39.4 Å². The Morgan fingerprint density at radius 2 is 1.62 bits per heavy atom. The second kappa shape index (κ2) is 5.48. The lowest BCUT2D eigenvalue weighted by atomic mass is 9.69. The first-order valence-corrected chi connectivity index (χ1v) is 6.47. The SMILES string of the molecule is CC(C)(C)C(C)(C)CNCN1CCNCC1. The maximum absolute atomic E-state index is 3.60. The van der Waals surface area contributed by atoms with Gasteiger partial charge in [-0.3, -0.25) is 4.90 Å². The van der Waals surface area contributed by atoms with Crippen molar-refractivity contribution in [2.24, 2.45) is 10.8 Å². The van der Waals surface area contributed by atoms with Crippen LogP contribution in [0.2, 0.25) is 0 Å². The first-order valence-electron chi connectivity index (χ1n) is 6.47. The molecule has 0 aliphatic carbocycles. The van der Waals surface area contributed by atoms with Crippen LogP contribution in [0.5, 0.6) is 0 Å². The molecule has 0 unspecified atom stereocenters. The first kappa shape index (κ1) is 13.9. The highest BCUT2D eigenvalue weighted by molar-refractivity contribution is 4.84. The van der Waals surface area contributed by atoms with Crippen molar-refractivity contribution in [1.29, 1.82) is 0 Å². The van der Waals surface area contributed by atoms with Crippen LogP contribution in [0.4, 0.5) is 0 Å². The van der Waals surface area contributed by atoms with E-state index in [1.54, 1.807) is 0 Å². The molecule has 0 aromatic heterocycles. The van der Waals surface area contributed by atoms with Crippen LogP contribution in [-0.4, -0.2) is 44.3 Å². The number of hydrogen-bond acceptors (Lipinski definition) is 3. The summed E-state index contributed by atoms with van der Waals surface area (Å²) in [4.78, 5) is 2.48. The molecule has 0 amide bonds. The summed E-state index contributed by atoms with van der Waals surface area (Å²) in [6.45, 7) is 18.4. The molecule has 96 valence electrons.